The van der Waals surface area contributed by atoms with Crippen molar-refractivity contribution in [3.05, 3.63) is 60.4 Å². The molecule has 1 heterocycles. The number of aromatic nitrogens is 3. The Morgan fingerprint density at radius 3 is 2.59 bits per heavy atom. The van der Waals surface area contributed by atoms with Gasteiger partial charge in [-0.15, -0.1) is 10.2 Å². The monoisotopic (exact) mass is 411 g/mol. The number of nitrogens with one attached hydrogen (secondary N) is 1. The molecule has 3 N–H and O–H groups in total. The van der Waals surface area contributed by atoms with Crippen molar-refractivity contribution in [2.45, 2.75) is 18.0 Å². The first-order valence-electron chi connectivity index (χ1n) is 8.94. The number of aryl methyl sites for hydroxylation is 1. The molecule has 0 unspecified atom stereocenters. The van der Waals surface area contributed by atoms with Crippen molar-refractivity contribution >= 4 is 29.3 Å². The lowest BCUT2D eigenvalue weighted by Crippen LogP contribution is -2.15. The number of hydrogen-bond acceptors (Lipinski definition) is 6. The third kappa shape index (κ3) is 5.82. The van der Waals surface area contributed by atoms with Gasteiger partial charge in [-0.25, -0.2) is 0 Å². The van der Waals surface area contributed by atoms with Gasteiger partial charge in [0.1, 0.15) is 11.6 Å². The Morgan fingerprint density at radius 2 is 1.83 bits per heavy atom. The SMILES string of the molecule is Cn1c(CCC(N)=O)nnc1SCC(=O)Nc1ccccc1Oc1ccccc1. The highest BCUT2D eigenvalue weighted by molar-refractivity contribution is 7.99. The Hall–Kier alpha value is -3.33. The molecule has 0 aliphatic heterocycles. The third-order valence-corrected chi connectivity index (χ3v) is 5.00. The smallest absolute Gasteiger partial charge is 0.234 e. The van der Waals surface area contributed by atoms with Gasteiger partial charge in [0.15, 0.2) is 10.9 Å². The number of para-hydroxylation sites is 3. The number of ether oxygens (including phenoxy) is 1. The van der Waals surface area contributed by atoms with Gasteiger partial charge >= 0.3 is 0 Å². The molecule has 2 aromatic carbocycles. The Labute approximate surface area is 172 Å². The van der Waals surface area contributed by atoms with Crippen molar-refractivity contribution in [2.75, 3.05) is 11.1 Å². The van der Waals surface area contributed by atoms with E-state index < -0.39 is 5.91 Å². The molecule has 9 heteroatoms. The molecule has 1 aromatic heterocycles. The summed E-state index contributed by atoms with van der Waals surface area (Å²) in [6.45, 7) is 0. The lowest BCUT2D eigenvalue weighted by Gasteiger charge is -2.12. The zero-order valence-electron chi connectivity index (χ0n) is 15.9. The van der Waals surface area contributed by atoms with Gasteiger partial charge in [0.05, 0.1) is 11.4 Å². The number of benzene rings is 2. The minimum Gasteiger partial charge on any atom is -0.455 e. The number of carbonyl (C=O) groups is 2. The maximum absolute atomic E-state index is 12.4. The van der Waals surface area contributed by atoms with Crippen molar-refractivity contribution in [1.29, 1.82) is 0 Å². The fraction of sp³-hybridized carbons (Fsp3) is 0.200. The van der Waals surface area contributed by atoms with Crippen LogP contribution in [-0.4, -0.2) is 32.3 Å². The molecule has 0 bridgehead atoms. The lowest BCUT2D eigenvalue weighted by molar-refractivity contribution is -0.118. The van der Waals surface area contributed by atoms with Gasteiger partial charge in [-0.05, 0) is 24.3 Å². The van der Waals surface area contributed by atoms with E-state index in [0.29, 0.717) is 34.6 Å². The summed E-state index contributed by atoms with van der Waals surface area (Å²) in [4.78, 5) is 23.3. The average Bonchev–Trinajstić information content (AvgIpc) is 3.06. The molecule has 0 saturated heterocycles. The highest BCUT2D eigenvalue weighted by Gasteiger charge is 2.13. The molecule has 8 nitrogen and oxygen atoms in total. The standard InChI is InChI=1S/C20H21N5O3S/c1-25-18(12-11-17(21)26)23-24-20(25)29-13-19(27)22-15-9-5-6-10-16(15)28-14-7-3-2-4-8-14/h2-10H,11-13H2,1H3,(H2,21,26)(H,22,27). The van der Waals surface area contributed by atoms with Crippen molar-refractivity contribution in [3.63, 3.8) is 0 Å². The number of rotatable bonds is 9. The number of anilines is 1. The predicted octanol–water partition coefficient (Wildman–Crippen LogP) is 2.76. The van der Waals surface area contributed by atoms with E-state index in [-0.39, 0.29) is 18.1 Å². The van der Waals surface area contributed by atoms with Crippen LogP contribution in [0.1, 0.15) is 12.2 Å². The van der Waals surface area contributed by atoms with Crippen molar-refractivity contribution < 1.29 is 14.3 Å². The number of carbonyl (C=O) groups excluding carboxylic acids is 2. The van der Waals surface area contributed by atoms with Crippen molar-refractivity contribution in [1.82, 2.24) is 14.8 Å². The van der Waals surface area contributed by atoms with Crippen LogP contribution >= 0.6 is 11.8 Å². The van der Waals surface area contributed by atoms with Gasteiger partial charge < -0.3 is 20.4 Å². The Balaban J connectivity index is 1.58. The second-order valence-electron chi connectivity index (χ2n) is 6.17. The molecule has 0 aliphatic rings. The molecule has 0 aliphatic carbocycles. The summed E-state index contributed by atoms with van der Waals surface area (Å²) >= 11 is 1.26. The van der Waals surface area contributed by atoms with Crippen molar-refractivity contribution in [2.24, 2.45) is 12.8 Å². The van der Waals surface area contributed by atoms with Crippen LogP contribution in [0, 0.1) is 0 Å². The molecule has 150 valence electrons. The van der Waals surface area contributed by atoms with E-state index in [1.807, 2.05) is 42.5 Å². The maximum Gasteiger partial charge on any atom is 0.234 e. The third-order valence-electron chi connectivity index (χ3n) is 3.98. The fourth-order valence-corrected chi connectivity index (χ4v) is 3.24. The second-order valence-corrected chi connectivity index (χ2v) is 7.11. The average molecular weight is 411 g/mol. The predicted molar refractivity (Wildman–Crippen MR) is 111 cm³/mol. The van der Waals surface area contributed by atoms with E-state index in [0.717, 1.165) is 0 Å². The minimum absolute atomic E-state index is 0.154. The number of thioether (sulfide) groups is 1. The molecule has 0 radical (unpaired) electrons. The van der Waals surface area contributed by atoms with Crippen LogP contribution in [0.3, 0.4) is 0 Å². The van der Waals surface area contributed by atoms with Crippen LogP contribution in [0.5, 0.6) is 11.5 Å². The Morgan fingerprint density at radius 1 is 1.10 bits per heavy atom. The lowest BCUT2D eigenvalue weighted by atomic mass is 10.3. The number of hydrogen-bond donors (Lipinski definition) is 2. The topological polar surface area (TPSA) is 112 Å². The Kier molecular flexibility index (Phi) is 6.85. The van der Waals surface area contributed by atoms with E-state index in [9.17, 15) is 9.59 Å². The van der Waals surface area contributed by atoms with Crippen LogP contribution in [0.4, 0.5) is 5.69 Å². The van der Waals surface area contributed by atoms with Gasteiger partial charge in [0, 0.05) is 19.9 Å². The highest BCUT2D eigenvalue weighted by atomic mass is 32.2. The summed E-state index contributed by atoms with van der Waals surface area (Å²) in [5.74, 6) is 1.46. The van der Waals surface area contributed by atoms with Gasteiger partial charge in [-0.3, -0.25) is 9.59 Å². The van der Waals surface area contributed by atoms with Gasteiger partial charge in [0.2, 0.25) is 11.8 Å². The molecule has 29 heavy (non-hydrogen) atoms. The van der Waals surface area contributed by atoms with Crippen LogP contribution in [0.15, 0.2) is 59.8 Å². The number of nitrogens with two attached hydrogens (primary N) is 1. The molecule has 2 amide bonds. The van der Waals surface area contributed by atoms with Crippen LogP contribution in [0.2, 0.25) is 0 Å². The van der Waals surface area contributed by atoms with Crippen molar-refractivity contribution in [3.8, 4) is 11.5 Å². The molecular formula is C20H21N5O3S. The highest BCUT2D eigenvalue weighted by Crippen LogP contribution is 2.29. The molecule has 0 spiro atoms. The molecular weight excluding hydrogens is 390 g/mol. The molecule has 3 rings (SSSR count). The van der Waals surface area contributed by atoms with E-state index >= 15 is 0 Å². The summed E-state index contributed by atoms with van der Waals surface area (Å²) in [7, 11) is 1.79. The molecule has 0 saturated carbocycles. The first kappa shape index (κ1) is 20.4. The second kappa shape index (κ2) is 9.74. The van der Waals surface area contributed by atoms with Gasteiger partial charge in [0.25, 0.3) is 0 Å². The molecule has 0 fully saturated rings. The van der Waals surface area contributed by atoms with Crippen LogP contribution in [0.25, 0.3) is 0 Å². The number of primary amides is 1. The minimum atomic E-state index is -0.391. The summed E-state index contributed by atoms with van der Waals surface area (Å²) < 4.78 is 7.61. The maximum atomic E-state index is 12.4. The largest absolute Gasteiger partial charge is 0.455 e. The number of nitrogens with zero attached hydrogens (tertiary/aromatic N) is 3. The van der Waals surface area contributed by atoms with E-state index in [4.69, 9.17) is 10.5 Å². The summed E-state index contributed by atoms with van der Waals surface area (Å²) in [6, 6.07) is 16.6. The van der Waals surface area contributed by atoms with E-state index in [1.165, 1.54) is 11.8 Å². The first-order valence-corrected chi connectivity index (χ1v) is 9.92. The summed E-state index contributed by atoms with van der Waals surface area (Å²) in [5, 5.41) is 11.6. The van der Waals surface area contributed by atoms with Gasteiger partial charge in [-0.1, -0.05) is 42.1 Å². The normalized spacial score (nSPS) is 10.5. The fourth-order valence-electron chi connectivity index (χ4n) is 2.51. The quantitative estimate of drug-likeness (QED) is 0.524. The first-order chi connectivity index (χ1) is 14.0. The molecule has 3 aromatic rings. The number of amides is 2. The summed E-state index contributed by atoms with van der Waals surface area (Å²) in [5.41, 5.74) is 5.75. The van der Waals surface area contributed by atoms with E-state index in [2.05, 4.69) is 15.5 Å². The van der Waals surface area contributed by atoms with Gasteiger partial charge in [-0.2, -0.15) is 0 Å². The van der Waals surface area contributed by atoms with Crippen LogP contribution < -0.4 is 15.8 Å². The zero-order valence-corrected chi connectivity index (χ0v) is 16.7. The van der Waals surface area contributed by atoms with E-state index in [1.54, 1.807) is 23.7 Å². The molecule has 0 atom stereocenters. The summed E-state index contributed by atoms with van der Waals surface area (Å²) in [6.07, 6.45) is 0.616. The van der Waals surface area contributed by atoms with Crippen LogP contribution in [-0.2, 0) is 23.1 Å². The Bertz CT molecular complexity index is 991. The zero-order chi connectivity index (χ0) is 20.6.